The Morgan fingerprint density at radius 3 is 1.98 bits per heavy atom. The second-order valence-electron chi connectivity index (χ2n) is 9.71. The van der Waals surface area contributed by atoms with Gasteiger partial charge < -0.3 is 9.47 Å². The third kappa shape index (κ3) is 7.16. The Balaban J connectivity index is 1.32. The van der Waals surface area contributed by atoms with Crippen molar-refractivity contribution >= 4 is 41.0 Å². The molecule has 0 aliphatic carbocycles. The quantitative estimate of drug-likeness (QED) is 0.0921. The highest BCUT2D eigenvalue weighted by atomic mass is 35.5. The Kier molecular flexibility index (Phi) is 10.1. The fraction of sp³-hybridized carbons (Fsp3) is 0.312. The number of rotatable bonds is 13. The van der Waals surface area contributed by atoms with Crippen molar-refractivity contribution in [3.8, 4) is 5.75 Å². The zero-order chi connectivity index (χ0) is 28.5. The highest BCUT2D eigenvalue weighted by Crippen LogP contribution is 2.30. The molecule has 8 heteroatoms. The predicted octanol–water partition coefficient (Wildman–Crippen LogP) is 7.66. The normalized spacial score (nSPS) is 12.4. The van der Waals surface area contributed by atoms with Gasteiger partial charge >= 0.3 is 11.9 Å². The molecule has 1 aliphatic heterocycles. The summed E-state index contributed by atoms with van der Waals surface area (Å²) >= 11 is 5.86. The van der Waals surface area contributed by atoms with Gasteiger partial charge in [0.1, 0.15) is 5.75 Å². The first-order valence-electron chi connectivity index (χ1n) is 13.7. The number of ether oxygens (including phenoxy) is 2. The van der Waals surface area contributed by atoms with Crippen LogP contribution in [0.25, 0.3) is 0 Å². The van der Waals surface area contributed by atoms with Gasteiger partial charge in [0, 0.05) is 5.02 Å². The van der Waals surface area contributed by atoms with E-state index in [9.17, 15) is 19.2 Å². The van der Waals surface area contributed by atoms with E-state index in [-0.39, 0.29) is 16.7 Å². The number of halogens is 1. The SMILES string of the molecule is CCCCCCCCCCOC(=O)c1ccc(N2C(=O)c3ccc(C(=O)Oc4ccc(Cl)cc4)cc3C2=O)cc1. The largest absolute Gasteiger partial charge is 0.462 e. The van der Waals surface area contributed by atoms with Crippen molar-refractivity contribution in [3.63, 3.8) is 0 Å². The molecule has 208 valence electrons. The molecule has 7 nitrogen and oxygen atoms in total. The molecule has 4 rings (SSSR count). The third-order valence-electron chi connectivity index (χ3n) is 6.74. The summed E-state index contributed by atoms with van der Waals surface area (Å²) in [5.41, 5.74) is 1.07. The van der Waals surface area contributed by atoms with Crippen molar-refractivity contribution in [2.75, 3.05) is 11.5 Å². The van der Waals surface area contributed by atoms with Gasteiger partial charge in [0.2, 0.25) is 0 Å². The van der Waals surface area contributed by atoms with E-state index in [4.69, 9.17) is 21.1 Å². The molecular weight excluding hydrogens is 530 g/mol. The van der Waals surface area contributed by atoms with Crippen LogP contribution in [0.15, 0.2) is 66.7 Å². The van der Waals surface area contributed by atoms with Crippen molar-refractivity contribution in [1.82, 2.24) is 0 Å². The lowest BCUT2D eigenvalue weighted by Crippen LogP contribution is -2.29. The van der Waals surface area contributed by atoms with E-state index in [1.54, 1.807) is 24.3 Å². The molecule has 0 bridgehead atoms. The van der Waals surface area contributed by atoms with Crippen LogP contribution >= 0.6 is 11.6 Å². The number of benzene rings is 3. The number of unbranched alkanes of at least 4 members (excludes halogenated alkanes) is 7. The number of hydrogen-bond donors (Lipinski definition) is 0. The number of anilines is 1. The van der Waals surface area contributed by atoms with Gasteiger partial charge in [-0.2, -0.15) is 0 Å². The molecule has 0 spiro atoms. The van der Waals surface area contributed by atoms with E-state index in [0.717, 1.165) is 24.2 Å². The molecule has 0 atom stereocenters. The van der Waals surface area contributed by atoms with Gasteiger partial charge in [-0.1, -0.05) is 63.5 Å². The van der Waals surface area contributed by atoms with Gasteiger partial charge in [-0.05, 0) is 73.2 Å². The van der Waals surface area contributed by atoms with Crippen molar-refractivity contribution in [3.05, 3.63) is 94.0 Å². The molecule has 0 aromatic heterocycles. The first kappa shape index (κ1) is 29.0. The van der Waals surface area contributed by atoms with Crippen molar-refractivity contribution in [2.24, 2.45) is 0 Å². The van der Waals surface area contributed by atoms with Crippen LogP contribution in [0, 0.1) is 0 Å². The second-order valence-corrected chi connectivity index (χ2v) is 10.1. The summed E-state index contributed by atoms with van der Waals surface area (Å²) in [5, 5.41) is 0.505. The van der Waals surface area contributed by atoms with E-state index in [1.165, 1.54) is 74.6 Å². The van der Waals surface area contributed by atoms with E-state index in [2.05, 4.69) is 6.92 Å². The van der Waals surface area contributed by atoms with Gasteiger partial charge in [0.25, 0.3) is 11.8 Å². The predicted molar refractivity (Wildman–Crippen MR) is 153 cm³/mol. The molecule has 0 N–H and O–H groups in total. The van der Waals surface area contributed by atoms with Gasteiger partial charge in [-0.25, -0.2) is 14.5 Å². The Hall–Kier alpha value is -3.97. The number of carbonyl (C=O) groups is 4. The van der Waals surface area contributed by atoms with E-state index >= 15 is 0 Å². The Morgan fingerprint density at radius 2 is 1.30 bits per heavy atom. The number of hydrogen-bond acceptors (Lipinski definition) is 6. The Morgan fingerprint density at radius 1 is 0.700 bits per heavy atom. The van der Waals surface area contributed by atoms with E-state index in [0.29, 0.717) is 28.6 Å². The van der Waals surface area contributed by atoms with Crippen LogP contribution in [0.5, 0.6) is 5.75 Å². The number of nitrogens with zero attached hydrogens (tertiary/aromatic N) is 1. The molecule has 0 saturated carbocycles. The first-order chi connectivity index (χ1) is 19.4. The maximum absolute atomic E-state index is 13.1. The minimum atomic E-state index is -0.668. The molecule has 0 saturated heterocycles. The molecule has 1 heterocycles. The smallest absolute Gasteiger partial charge is 0.343 e. The third-order valence-corrected chi connectivity index (χ3v) is 6.99. The Labute approximate surface area is 239 Å². The average molecular weight is 562 g/mol. The zero-order valence-electron chi connectivity index (χ0n) is 22.5. The van der Waals surface area contributed by atoms with E-state index < -0.39 is 23.8 Å². The fourth-order valence-corrected chi connectivity index (χ4v) is 4.63. The molecule has 2 amide bonds. The number of carbonyl (C=O) groups excluding carboxylic acids is 4. The molecule has 1 aliphatic rings. The molecule has 40 heavy (non-hydrogen) atoms. The summed E-state index contributed by atoms with van der Waals surface area (Å²) in [4.78, 5) is 52.2. The Bertz CT molecular complexity index is 1370. The molecule has 3 aromatic rings. The zero-order valence-corrected chi connectivity index (χ0v) is 23.2. The summed E-state index contributed by atoms with van der Waals surface area (Å²) in [7, 11) is 0. The lowest BCUT2D eigenvalue weighted by molar-refractivity contribution is 0.0497. The van der Waals surface area contributed by atoms with Gasteiger partial charge in [0.15, 0.2) is 0 Å². The van der Waals surface area contributed by atoms with Gasteiger partial charge in [-0.15, -0.1) is 0 Å². The van der Waals surface area contributed by atoms with Crippen LogP contribution in [0.2, 0.25) is 5.02 Å². The monoisotopic (exact) mass is 561 g/mol. The molecular formula is C32H32ClNO6. The summed E-state index contributed by atoms with van der Waals surface area (Å²) < 4.78 is 10.7. The minimum Gasteiger partial charge on any atom is -0.462 e. The second kappa shape index (κ2) is 13.9. The summed E-state index contributed by atoms with van der Waals surface area (Å²) in [5.74, 6) is -1.89. The number of imide groups is 1. The first-order valence-corrected chi connectivity index (χ1v) is 14.0. The molecule has 0 radical (unpaired) electrons. The van der Waals surface area contributed by atoms with Crippen LogP contribution in [0.1, 0.15) is 99.7 Å². The van der Waals surface area contributed by atoms with Crippen molar-refractivity contribution in [2.45, 2.75) is 58.3 Å². The summed E-state index contributed by atoms with van der Waals surface area (Å²) in [6, 6.07) is 16.7. The maximum Gasteiger partial charge on any atom is 0.343 e. The van der Waals surface area contributed by atoms with E-state index in [1.807, 2.05) is 0 Å². The highest BCUT2D eigenvalue weighted by Gasteiger charge is 2.37. The summed E-state index contributed by atoms with van der Waals surface area (Å²) in [6.45, 7) is 2.56. The van der Waals surface area contributed by atoms with Crippen molar-refractivity contribution in [1.29, 1.82) is 0 Å². The highest BCUT2D eigenvalue weighted by molar-refractivity contribution is 6.34. The maximum atomic E-state index is 13.1. The van der Waals surface area contributed by atoms with Crippen LogP contribution < -0.4 is 9.64 Å². The number of fused-ring (bicyclic) bond motifs is 1. The molecule has 3 aromatic carbocycles. The van der Waals surface area contributed by atoms with Gasteiger partial charge in [-0.3, -0.25) is 9.59 Å². The molecule has 0 unspecified atom stereocenters. The number of esters is 2. The number of amides is 2. The summed E-state index contributed by atoms with van der Waals surface area (Å²) in [6.07, 6.45) is 9.26. The fourth-order valence-electron chi connectivity index (χ4n) is 4.50. The van der Waals surface area contributed by atoms with Crippen LogP contribution in [0.3, 0.4) is 0 Å². The minimum absolute atomic E-state index is 0.101. The van der Waals surface area contributed by atoms with Crippen LogP contribution in [0.4, 0.5) is 5.69 Å². The standard InChI is InChI=1S/C32H32ClNO6/c1-2-3-4-5-6-7-8-9-20-39-31(37)22-10-15-25(16-11-22)34-29(35)27-19-12-23(21-28(27)30(34)36)32(38)40-26-17-13-24(33)14-18-26/h10-19,21H,2-9,20H2,1H3. The van der Waals surface area contributed by atoms with Crippen LogP contribution in [-0.2, 0) is 4.74 Å². The lowest BCUT2D eigenvalue weighted by atomic mass is 10.1. The topological polar surface area (TPSA) is 90.0 Å². The van der Waals surface area contributed by atoms with Gasteiger partial charge in [0.05, 0.1) is 34.5 Å². The average Bonchev–Trinajstić information content (AvgIpc) is 3.22. The van der Waals surface area contributed by atoms with Crippen molar-refractivity contribution < 1.29 is 28.7 Å². The molecule has 0 fully saturated rings. The lowest BCUT2D eigenvalue weighted by Gasteiger charge is -2.14. The van der Waals surface area contributed by atoms with Crippen LogP contribution in [-0.4, -0.2) is 30.4 Å².